The summed E-state index contributed by atoms with van der Waals surface area (Å²) in [5, 5.41) is 30.5. The van der Waals surface area contributed by atoms with E-state index < -0.39 is 34.0 Å². The molecule has 4 aromatic rings. The first-order chi connectivity index (χ1) is 20.3. The summed E-state index contributed by atoms with van der Waals surface area (Å²) in [6, 6.07) is 3.27. The number of nitrogens with one attached hydrogen (secondary N) is 2. The lowest BCUT2D eigenvalue weighted by Gasteiger charge is -2.12. The summed E-state index contributed by atoms with van der Waals surface area (Å²) in [6.45, 7) is -0.421. The van der Waals surface area contributed by atoms with Crippen LogP contribution in [0.3, 0.4) is 0 Å². The Kier molecular flexibility index (Phi) is 10.3. The number of hydrogen-bond donors (Lipinski definition) is 3. The lowest BCUT2D eigenvalue weighted by Crippen LogP contribution is -2.23. The molecule has 1 amide bonds. The molecule has 0 radical (unpaired) electrons. The fraction of sp³-hybridized carbons (Fsp3) is 0.375. The molecular formula is C24H23F6IN10O2. The summed E-state index contributed by atoms with van der Waals surface area (Å²) in [5.74, 6) is -0.715. The van der Waals surface area contributed by atoms with Gasteiger partial charge in [0.05, 0.1) is 30.2 Å². The van der Waals surface area contributed by atoms with E-state index in [9.17, 15) is 36.2 Å². The largest absolute Gasteiger partial charge is 0.417 e. The number of alkyl halides is 7. The van der Waals surface area contributed by atoms with Gasteiger partial charge in [-0.1, -0.05) is 10.4 Å². The summed E-state index contributed by atoms with van der Waals surface area (Å²) in [4.78, 5) is 19.8. The number of rotatable bonds is 13. The molecule has 0 saturated carbocycles. The maximum absolute atomic E-state index is 14.6. The highest BCUT2D eigenvalue weighted by Gasteiger charge is 2.31. The number of nitrogens with zero attached hydrogens (tertiary/aromatic N) is 8. The molecule has 4 rings (SSSR count). The Morgan fingerprint density at radius 3 is 2.53 bits per heavy atom. The van der Waals surface area contributed by atoms with Crippen molar-refractivity contribution >= 4 is 28.5 Å². The van der Waals surface area contributed by atoms with Crippen molar-refractivity contribution in [2.75, 3.05) is 0 Å². The second kappa shape index (κ2) is 13.7. The smallest absolute Gasteiger partial charge is 0.373 e. The minimum atomic E-state index is -4.57. The number of carbonyl (C=O) groups excluding carboxylic acids is 1. The van der Waals surface area contributed by atoms with Gasteiger partial charge in [-0.2, -0.15) is 22.0 Å². The summed E-state index contributed by atoms with van der Waals surface area (Å²) in [7, 11) is 0. The van der Waals surface area contributed by atoms with Crippen molar-refractivity contribution in [2.45, 2.75) is 55.1 Å². The van der Waals surface area contributed by atoms with Gasteiger partial charge in [-0.15, -0.1) is 10.2 Å². The molecule has 0 fully saturated rings. The highest BCUT2D eigenvalue weighted by Crippen LogP contribution is 2.35. The van der Waals surface area contributed by atoms with E-state index in [1.807, 2.05) is 0 Å². The molecule has 0 saturated heterocycles. The third-order valence-corrected chi connectivity index (χ3v) is 6.48. The third kappa shape index (κ3) is 9.38. The average Bonchev–Trinajstić information content (AvgIpc) is 3.63. The second-order valence-electron chi connectivity index (χ2n) is 9.20. The van der Waals surface area contributed by atoms with Crippen LogP contribution in [0, 0.1) is 0 Å². The number of halogens is 7. The van der Waals surface area contributed by atoms with Gasteiger partial charge < -0.3 is 10.4 Å². The van der Waals surface area contributed by atoms with E-state index in [2.05, 4.69) is 41.2 Å². The van der Waals surface area contributed by atoms with Crippen molar-refractivity contribution < 1.29 is 36.2 Å². The Balaban J connectivity index is 1.21. The number of pyridine rings is 2. The van der Waals surface area contributed by atoms with Gasteiger partial charge in [0.25, 0.3) is 5.91 Å². The zero-order chi connectivity index (χ0) is 31.2. The molecule has 3 N–H and O–H groups in total. The fourth-order valence-corrected chi connectivity index (χ4v) is 4.01. The van der Waals surface area contributed by atoms with E-state index in [-0.39, 0.29) is 60.8 Å². The molecule has 230 valence electrons. The summed E-state index contributed by atoms with van der Waals surface area (Å²) in [6.07, 6.45) is -1.62. The molecular weight excluding hydrogens is 701 g/mol. The fourth-order valence-electron chi connectivity index (χ4n) is 3.68. The van der Waals surface area contributed by atoms with Gasteiger partial charge in [-0.25, -0.2) is 9.07 Å². The molecule has 19 heteroatoms. The van der Waals surface area contributed by atoms with Crippen molar-refractivity contribution in [3.8, 4) is 0 Å². The van der Waals surface area contributed by atoms with Crippen LogP contribution in [-0.4, -0.2) is 57.1 Å². The molecule has 0 aliphatic carbocycles. The van der Waals surface area contributed by atoms with Gasteiger partial charge in [0.15, 0.2) is 11.9 Å². The first-order valence-electron chi connectivity index (χ1n) is 12.4. The number of aliphatic hydroxyl groups is 1. The van der Waals surface area contributed by atoms with Crippen LogP contribution in [0.1, 0.15) is 51.2 Å². The molecule has 0 aliphatic rings. The Morgan fingerprint density at radius 1 is 1.02 bits per heavy atom. The predicted octanol–water partition coefficient (Wildman–Crippen LogP) is 3.30. The van der Waals surface area contributed by atoms with Gasteiger partial charge in [0.1, 0.15) is 11.9 Å². The first-order valence-corrected chi connectivity index (χ1v) is 13.5. The standard InChI is InChI=1S/C24H23F6IN10O2/c25-17(11-41-13-20(37-39-41)21(42)34-8-14-5-16(9-32-7-14)23(26,27)28)2-4-40-12-19(36-38-40)22(43)35-10-18-6-15(1-3-33-18)24(29,30)31/h1,3,5-7,9,12-13,17,22,35,43H,2,4,8,10-11H2,(H,34,42). The molecule has 0 aromatic carbocycles. The number of carbonyl (C=O) groups is 1. The Labute approximate surface area is 253 Å². The lowest BCUT2D eigenvalue weighted by molar-refractivity contribution is -0.137. The molecule has 2 atom stereocenters. The van der Waals surface area contributed by atoms with Crippen molar-refractivity contribution in [3.63, 3.8) is 0 Å². The number of aromatic nitrogens is 8. The van der Waals surface area contributed by atoms with Crippen LogP contribution in [-0.2, 0) is 36.3 Å². The first kappa shape index (κ1) is 32.2. The molecule has 4 aromatic heterocycles. The van der Waals surface area contributed by atoms with Gasteiger partial charge in [0.2, 0.25) is 0 Å². The van der Waals surface area contributed by atoms with Crippen molar-refractivity contribution in [2.24, 2.45) is 0 Å². The van der Waals surface area contributed by atoms with Crippen molar-refractivity contribution in [1.82, 2.24) is 50.6 Å². The normalized spacial score (nSPS) is 13.6. The predicted molar refractivity (Wildman–Crippen MR) is 144 cm³/mol. The molecule has 0 spiro atoms. The Bertz CT molecular complexity index is 1530. The van der Waals surface area contributed by atoms with E-state index in [1.165, 1.54) is 41.6 Å². The van der Waals surface area contributed by atoms with Crippen LogP contribution in [0.15, 0.2) is 49.2 Å². The molecule has 4 heterocycles. The van der Waals surface area contributed by atoms with Gasteiger partial charge >= 0.3 is 10.1 Å². The van der Waals surface area contributed by atoms with Crippen molar-refractivity contribution in [3.05, 3.63) is 83.0 Å². The zero-order valence-electron chi connectivity index (χ0n) is 21.9. The minimum Gasteiger partial charge on any atom is -0.373 e. The quantitative estimate of drug-likeness (QED) is 0.0818. The van der Waals surface area contributed by atoms with Gasteiger partial charge in [-0.05, 0) is 23.8 Å². The van der Waals surface area contributed by atoms with E-state index >= 15 is 0 Å². The SMILES string of the molecule is O=C(NCc1cncc(C(F)(F)F)c1)c1cn(CC(F)CCn2cc(C(O)NCc3cc(C(F)(F)I)ccn3)nn2)nn1. The highest BCUT2D eigenvalue weighted by molar-refractivity contribution is 14.1. The monoisotopic (exact) mass is 724 g/mol. The third-order valence-electron chi connectivity index (χ3n) is 5.86. The van der Waals surface area contributed by atoms with Crippen LogP contribution in [0.25, 0.3) is 0 Å². The topological polar surface area (TPSA) is 149 Å². The van der Waals surface area contributed by atoms with Crippen LogP contribution in [0.5, 0.6) is 0 Å². The minimum absolute atomic E-state index is 0.0263. The van der Waals surface area contributed by atoms with Gasteiger partial charge in [-0.3, -0.25) is 24.8 Å². The molecule has 12 nitrogen and oxygen atoms in total. The molecule has 43 heavy (non-hydrogen) atoms. The Morgan fingerprint density at radius 2 is 1.79 bits per heavy atom. The molecule has 0 bridgehead atoms. The number of aliphatic hydroxyl groups excluding tert-OH is 1. The summed E-state index contributed by atoms with van der Waals surface area (Å²) in [5.41, 5.74) is -0.791. The summed E-state index contributed by atoms with van der Waals surface area (Å²) < 4.78 is 79.4. The second-order valence-corrected chi connectivity index (χ2v) is 10.6. The van der Waals surface area contributed by atoms with Gasteiger partial charge in [0, 0.05) is 72.8 Å². The van der Waals surface area contributed by atoms with Crippen LogP contribution in [0.4, 0.5) is 26.3 Å². The number of aryl methyl sites for hydroxylation is 1. The van der Waals surface area contributed by atoms with E-state index in [0.29, 0.717) is 6.20 Å². The molecule has 2 unspecified atom stereocenters. The lowest BCUT2D eigenvalue weighted by atomic mass is 10.2. The van der Waals surface area contributed by atoms with E-state index in [1.54, 1.807) is 0 Å². The van der Waals surface area contributed by atoms with Crippen LogP contribution >= 0.6 is 22.6 Å². The highest BCUT2D eigenvalue weighted by atomic mass is 127. The van der Waals surface area contributed by atoms with E-state index in [4.69, 9.17) is 0 Å². The maximum atomic E-state index is 14.6. The molecule has 0 aliphatic heterocycles. The number of hydrogen-bond acceptors (Lipinski definition) is 9. The average molecular weight is 724 g/mol. The van der Waals surface area contributed by atoms with Crippen LogP contribution < -0.4 is 10.6 Å². The maximum Gasteiger partial charge on any atom is 0.417 e. The number of amides is 1. The van der Waals surface area contributed by atoms with Crippen LogP contribution in [0.2, 0.25) is 0 Å². The zero-order valence-corrected chi connectivity index (χ0v) is 24.0. The van der Waals surface area contributed by atoms with E-state index in [0.717, 1.165) is 33.3 Å². The summed E-state index contributed by atoms with van der Waals surface area (Å²) >= 11 is 1.01. The van der Waals surface area contributed by atoms with Crippen molar-refractivity contribution in [1.29, 1.82) is 0 Å². The Hall–Kier alpha value is -3.72.